The third-order valence-corrected chi connectivity index (χ3v) is 2.40. The Labute approximate surface area is 79.8 Å². The van der Waals surface area contributed by atoms with Gasteiger partial charge in [-0.2, -0.15) is 10.5 Å². The summed E-state index contributed by atoms with van der Waals surface area (Å²) in [4.78, 5) is 12.4. The van der Waals surface area contributed by atoms with Crippen molar-refractivity contribution in [2.45, 2.75) is 6.92 Å². The van der Waals surface area contributed by atoms with Crippen molar-refractivity contribution >= 4 is 17.1 Å². The van der Waals surface area contributed by atoms with Crippen LogP contribution in [-0.4, -0.2) is 5.78 Å². The van der Waals surface area contributed by atoms with Gasteiger partial charge in [-0.15, -0.1) is 11.3 Å². The average molecular weight is 190 g/mol. The van der Waals surface area contributed by atoms with Gasteiger partial charge < -0.3 is 0 Å². The Kier molecular flexibility index (Phi) is 2.79. The van der Waals surface area contributed by atoms with Crippen LogP contribution in [0.2, 0.25) is 0 Å². The van der Waals surface area contributed by atoms with Gasteiger partial charge >= 0.3 is 0 Å². The Morgan fingerprint density at radius 2 is 2.15 bits per heavy atom. The first-order chi connectivity index (χ1) is 6.19. The zero-order valence-corrected chi connectivity index (χ0v) is 7.76. The average Bonchev–Trinajstić information content (AvgIpc) is 2.54. The first kappa shape index (κ1) is 9.44. The molecule has 0 atom stereocenters. The Morgan fingerprint density at radius 3 is 2.54 bits per heavy atom. The van der Waals surface area contributed by atoms with Crippen molar-refractivity contribution in [2.75, 3.05) is 0 Å². The summed E-state index contributed by atoms with van der Waals surface area (Å²) in [5, 5.41) is 18.6. The van der Waals surface area contributed by atoms with Crippen LogP contribution in [0, 0.1) is 35.5 Å². The molecule has 0 bridgehead atoms. The van der Waals surface area contributed by atoms with Crippen LogP contribution in [0.1, 0.15) is 15.2 Å². The largest absolute Gasteiger partial charge is 0.291 e. The molecule has 0 aliphatic heterocycles. The third-order valence-electron chi connectivity index (χ3n) is 1.54. The molecule has 0 aliphatic rings. The lowest BCUT2D eigenvalue weighted by Crippen LogP contribution is -2.09. The van der Waals surface area contributed by atoms with Crippen LogP contribution in [0.15, 0.2) is 11.4 Å². The number of hydrogen-bond acceptors (Lipinski definition) is 4. The van der Waals surface area contributed by atoms with Crippen LogP contribution in [0.4, 0.5) is 0 Å². The summed E-state index contributed by atoms with van der Waals surface area (Å²) in [6.45, 7) is 1.87. The van der Waals surface area contributed by atoms with Gasteiger partial charge in [-0.1, -0.05) is 0 Å². The molecule has 0 unspecified atom stereocenters. The quantitative estimate of drug-likeness (QED) is 0.669. The molecule has 0 spiro atoms. The SMILES string of the molecule is Cc1cc(C(=O)C(C#N)C#N)cs1. The van der Waals surface area contributed by atoms with Crippen LogP contribution in [0.3, 0.4) is 0 Å². The lowest BCUT2D eigenvalue weighted by molar-refractivity contribution is 0.0971. The van der Waals surface area contributed by atoms with Crippen LogP contribution >= 0.6 is 11.3 Å². The maximum absolute atomic E-state index is 11.4. The highest BCUT2D eigenvalue weighted by Crippen LogP contribution is 2.16. The third kappa shape index (κ3) is 1.93. The van der Waals surface area contributed by atoms with Gasteiger partial charge in [0.25, 0.3) is 0 Å². The second kappa shape index (κ2) is 3.84. The summed E-state index contributed by atoms with van der Waals surface area (Å²) in [5.74, 6) is -1.58. The zero-order chi connectivity index (χ0) is 9.84. The van der Waals surface area contributed by atoms with Crippen molar-refractivity contribution in [2.24, 2.45) is 5.92 Å². The molecule has 0 saturated carbocycles. The predicted octanol–water partition coefficient (Wildman–Crippen LogP) is 1.90. The van der Waals surface area contributed by atoms with Gasteiger partial charge in [0.15, 0.2) is 11.7 Å². The highest BCUT2D eigenvalue weighted by Gasteiger charge is 2.19. The van der Waals surface area contributed by atoms with Crippen molar-refractivity contribution in [3.8, 4) is 12.1 Å². The minimum atomic E-state index is -1.17. The Balaban J connectivity index is 2.94. The van der Waals surface area contributed by atoms with E-state index < -0.39 is 11.7 Å². The number of thiophene rings is 1. The first-order valence-electron chi connectivity index (χ1n) is 3.57. The van der Waals surface area contributed by atoms with E-state index in [0.29, 0.717) is 5.56 Å². The molecule has 1 aromatic heterocycles. The molecule has 0 fully saturated rings. The smallest absolute Gasteiger partial charge is 0.195 e. The molecule has 64 valence electrons. The summed E-state index contributed by atoms with van der Waals surface area (Å²) in [7, 11) is 0. The molecule has 1 aromatic rings. The van der Waals surface area contributed by atoms with E-state index in [1.165, 1.54) is 11.3 Å². The molecule has 1 heterocycles. The molecule has 3 nitrogen and oxygen atoms in total. The molecule has 13 heavy (non-hydrogen) atoms. The van der Waals surface area contributed by atoms with Crippen molar-refractivity contribution < 1.29 is 4.79 Å². The molecule has 1 rings (SSSR count). The molecular weight excluding hydrogens is 184 g/mol. The molecule has 0 aliphatic carbocycles. The maximum atomic E-state index is 11.4. The number of Topliss-reactive ketones (excluding diaryl/α,β-unsaturated/α-hetero) is 1. The van der Waals surface area contributed by atoms with Crippen molar-refractivity contribution in [1.29, 1.82) is 10.5 Å². The lowest BCUT2D eigenvalue weighted by Gasteiger charge is -1.94. The van der Waals surface area contributed by atoms with E-state index in [9.17, 15) is 4.79 Å². The van der Waals surface area contributed by atoms with Gasteiger partial charge in [0.1, 0.15) is 0 Å². The minimum Gasteiger partial charge on any atom is -0.291 e. The van der Waals surface area contributed by atoms with Crippen LogP contribution in [0.25, 0.3) is 0 Å². The standard InChI is InChI=1S/C9H6N2OS/c1-6-2-7(5-13-6)9(12)8(3-10)4-11/h2,5,8H,1H3. The minimum absolute atomic E-state index is 0.408. The number of aryl methyl sites for hydroxylation is 1. The second-order valence-electron chi connectivity index (χ2n) is 2.50. The van der Waals surface area contributed by atoms with Gasteiger partial charge in [0, 0.05) is 15.8 Å². The maximum Gasteiger partial charge on any atom is 0.195 e. The van der Waals surface area contributed by atoms with Gasteiger partial charge in [0.05, 0.1) is 12.1 Å². The highest BCUT2D eigenvalue weighted by atomic mass is 32.1. The topological polar surface area (TPSA) is 64.7 Å². The number of carbonyl (C=O) groups excluding carboxylic acids is 1. The number of nitrogens with zero attached hydrogens (tertiary/aromatic N) is 2. The number of ketones is 1. The van der Waals surface area contributed by atoms with Crippen LogP contribution in [-0.2, 0) is 0 Å². The number of rotatable bonds is 2. The summed E-state index contributed by atoms with van der Waals surface area (Å²) in [6, 6.07) is 5.00. The van der Waals surface area contributed by atoms with Crippen molar-refractivity contribution in [1.82, 2.24) is 0 Å². The number of carbonyl (C=O) groups is 1. The van der Waals surface area contributed by atoms with Crippen molar-refractivity contribution in [3.05, 3.63) is 21.9 Å². The fourth-order valence-corrected chi connectivity index (χ4v) is 1.58. The Bertz CT molecular complexity index is 394. The van der Waals surface area contributed by atoms with Crippen LogP contribution in [0.5, 0.6) is 0 Å². The molecular formula is C9H6N2OS. The van der Waals surface area contributed by atoms with E-state index >= 15 is 0 Å². The summed E-state index contributed by atoms with van der Waals surface area (Å²) in [5.41, 5.74) is 0.454. The molecule has 0 radical (unpaired) electrons. The molecule has 0 saturated heterocycles. The van der Waals surface area contributed by atoms with E-state index in [0.717, 1.165) is 4.88 Å². The Hall–Kier alpha value is -1.65. The summed E-state index contributed by atoms with van der Waals surface area (Å²) in [6.07, 6.45) is 0. The van der Waals surface area contributed by atoms with Crippen molar-refractivity contribution in [3.63, 3.8) is 0 Å². The first-order valence-corrected chi connectivity index (χ1v) is 4.45. The Morgan fingerprint density at radius 1 is 1.54 bits per heavy atom. The molecule has 0 amide bonds. The highest BCUT2D eigenvalue weighted by molar-refractivity contribution is 7.10. The monoisotopic (exact) mass is 190 g/mol. The predicted molar refractivity (Wildman–Crippen MR) is 48.1 cm³/mol. The summed E-state index contributed by atoms with van der Waals surface area (Å²) < 4.78 is 0. The lowest BCUT2D eigenvalue weighted by atomic mass is 10.0. The van der Waals surface area contributed by atoms with Crippen LogP contribution < -0.4 is 0 Å². The second-order valence-corrected chi connectivity index (χ2v) is 3.62. The molecule has 0 aromatic carbocycles. The summed E-state index contributed by atoms with van der Waals surface area (Å²) >= 11 is 1.43. The van der Waals surface area contributed by atoms with Gasteiger partial charge in [-0.3, -0.25) is 4.79 Å². The number of hydrogen-bond donors (Lipinski definition) is 0. The number of nitriles is 2. The van der Waals surface area contributed by atoms with E-state index in [1.807, 2.05) is 6.92 Å². The normalized spacial score (nSPS) is 9.23. The molecule has 0 N–H and O–H groups in total. The van der Waals surface area contributed by atoms with Gasteiger partial charge in [-0.05, 0) is 13.0 Å². The van der Waals surface area contributed by atoms with E-state index in [2.05, 4.69) is 0 Å². The van der Waals surface area contributed by atoms with E-state index in [-0.39, 0.29) is 0 Å². The fraction of sp³-hybridized carbons (Fsp3) is 0.222. The molecule has 4 heteroatoms. The van der Waals surface area contributed by atoms with Gasteiger partial charge in [0.2, 0.25) is 0 Å². The zero-order valence-electron chi connectivity index (χ0n) is 6.94. The fourth-order valence-electron chi connectivity index (χ4n) is 0.885. The van der Waals surface area contributed by atoms with Gasteiger partial charge in [-0.25, -0.2) is 0 Å². The van der Waals surface area contributed by atoms with E-state index in [1.54, 1.807) is 23.6 Å². The van der Waals surface area contributed by atoms with E-state index in [4.69, 9.17) is 10.5 Å².